The number of rotatable bonds is 3. The lowest BCUT2D eigenvalue weighted by Crippen LogP contribution is -2.15. The largest absolute Gasteiger partial charge is 0.382 e. The highest BCUT2D eigenvalue weighted by molar-refractivity contribution is 6.30. The van der Waals surface area contributed by atoms with E-state index in [0.29, 0.717) is 16.5 Å². The van der Waals surface area contributed by atoms with Gasteiger partial charge in [-0.2, -0.15) is 0 Å². The summed E-state index contributed by atoms with van der Waals surface area (Å²) in [5.41, 5.74) is 7.59. The Labute approximate surface area is 105 Å². The van der Waals surface area contributed by atoms with Crippen molar-refractivity contribution in [3.63, 3.8) is 0 Å². The number of aromatic nitrogens is 2. The first-order chi connectivity index (χ1) is 8.13. The molecule has 1 aromatic carbocycles. The van der Waals surface area contributed by atoms with Crippen LogP contribution in [-0.4, -0.2) is 9.66 Å². The van der Waals surface area contributed by atoms with E-state index >= 15 is 0 Å². The van der Waals surface area contributed by atoms with E-state index in [1.165, 1.54) is 4.68 Å². The lowest BCUT2D eigenvalue weighted by molar-refractivity contribution is 0.794. The van der Waals surface area contributed by atoms with Crippen molar-refractivity contribution in [2.45, 2.75) is 19.8 Å². The fourth-order valence-electron chi connectivity index (χ4n) is 1.71. The fraction of sp³-hybridized carbons (Fsp3) is 0.250. The topological polar surface area (TPSA) is 69.9 Å². The number of nitrogens with two attached hydrogens (primary N) is 2. The first kappa shape index (κ1) is 11.8. The van der Waals surface area contributed by atoms with Crippen molar-refractivity contribution in [1.29, 1.82) is 0 Å². The monoisotopic (exact) mass is 250 g/mol. The lowest BCUT2D eigenvalue weighted by Gasteiger charge is -2.01. The van der Waals surface area contributed by atoms with Crippen LogP contribution in [0.5, 0.6) is 0 Å². The smallest absolute Gasteiger partial charge is 0.150 e. The summed E-state index contributed by atoms with van der Waals surface area (Å²) in [7, 11) is 0. The molecule has 0 spiro atoms. The zero-order chi connectivity index (χ0) is 12.4. The summed E-state index contributed by atoms with van der Waals surface area (Å²) in [6.07, 6.45) is 1.79. The van der Waals surface area contributed by atoms with Gasteiger partial charge in [0.1, 0.15) is 11.5 Å². The number of imidazole rings is 1. The van der Waals surface area contributed by atoms with E-state index in [-0.39, 0.29) is 0 Å². The predicted molar refractivity (Wildman–Crippen MR) is 71.2 cm³/mol. The van der Waals surface area contributed by atoms with Gasteiger partial charge in [0.25, 0.3) is 0 Å². The number of hydrogen-bond acceptors (Lipinski definition) is 3. The van der Waals surface area contributed by atoms with Crippen molar-refractivity contribution in [2.24, 2.45) is 0 Å². The van der Waals surface area contributed by atoms with Gasteiger partial charge in [-0.25, -0.2) is 9.66 Å². The molecule has 2 aromatic rings. The molecule has 0 saturated carbocycles. The van der Waals surface area contributed by atoms with Crippen LogP contribution in [0.15, 0.2) is 24.3 Å². The minimum Gasteiger partial charge on any atom is -0.382 e. The lowest BCUT2D eigenvalue weighted by atomic mass is 10.1. The highest BCUT2D eigenvalue weighted by atomic mass is 35.5. The summed E-state index contributed by atoms with van der Waals surface area (Å²) >= 11 is 5.84. The summed E-state index contributed by atoms with van der Waals surface area (Å²) in [4.78, 5) is 4.47. The molecule has 5 heteroatoms. The number of hydrogen-bond donors (Lipinski definition) is 2. The Morgan fingerprint density at radius 1 is 1.29 bits per heavy atom. The molecule has 0 atom stereocenters. The van der Waals surface area contributed by atoms with E-state index in [9.17, 15) is 0 Å². The molecule has 17 heavy (non-hydrogen) atoms. The van der Waals surface area contributed by atoms with Gasteiger partial charge in [0.05, 0.1) is 0 Å². The van der Waals surface area contributed by atoms with Crippen LogP contribution in [0.1, 0.15) is 19.2 Å². The molecule has 0 unspecified atom stereocenters. The van der Waals surface area contributed by atoms with Gasteiger partial charge >= 0.3 is 0 Å². The van der Waals surface area contributed by atoms with Gasteiger partial charge in [-0.3, -0.25) is 0 Å². The molecule has 4 nitrogen and oxygen atoms in total. The molecule has 0 amide bonds. The van der Waals surface area contributed by atoms with Crippen LogP contribution in [0, 0.1) is 0 Å². The molecule has 0 aliphatic carbocycles. The molecule has 1 heterocycles. The average Bonchev–Trinajstić information content (AvgIpc) is 2.59. The fourth-order valence-corrected chi connectivity index (χ4v) is 1.84. The van der Waals surface area contributed by atoms with Crippen molar-refractivity contribution in [1.82, 2.24) is 9.66 Å². The van der Waals surface area contributed by atoms with Gasteiger partial charge in [0.15, 0.2) is 5.82 Å². The van der Waals surface area contributed by atoms with E-state index in [1.807, 2.05) is 24.3 Å². The number of nitrogen functional groups attached to an aromatic ring is 2. The molecule has 0 radical (unpaired) electrons. The Hall–Kier alpha value is -1.68. The average molecular weight is 251 g/mol. The van der Waals surface area contributed by atoms with Crippen molar-refractivity contribution < 1.29 is 0 Å². The van der Waals surface area contributed by atoms with Gasteiger partial charge < -0.3 is 11.6 Å². The molecular formula is C12H15ClN4. The van der Waals surface area contributed by atoms with Crippen molar-refractivity contribution in [2.75, 3.05) is 11.6 Å². The third-order valence-corrected chi connectivity index (χ3v) is 2.86. The highest BCUT2D eigenvalue weighted by Crippen LogP contribution is 2.26. The molecule has 4 N–H and O–H groups in total. The molecule has 0 aliphatic heterocycles. The minimum absolute atomic E-state index is 0.482. The third-order valence-electron chi connectivity index (χ3n) is 2.61. The number of aryl methyl sites for hydroxylation is 1. The molecule has 0 bridgehead atoms. The highest BCUT2D eigenvalue weighted by Gasteiger charge is 2.13. The maximum absolute atomic E-state index is 5.95. The third kappa shape index (κ3) is 2.22. The van der Waals surface area contributed by atoms with Gasteiger partial charge in [0, 0.05) is 17.0 Å². The van der Waals surface area contributed by atoms with Gasteiger partial charge in [0.2, 0.25) is 0 Å². The van der Waals surface area contributed by atoms with Crippen LogP contribution in [0.3, 0.4) is 0 Å². The van der Waals surface area contributed by atoms with Crippen molar-refractivity contribution in [3.05, 3.63) is 35.1 Å². The maximum atomic E-state index is 5.95. The molecule has 0 aliphatic rings. The number of halogens is 1. The Morgan fingerprint density at radius 2 is 1.94 bits per heavy atom. The summed E-state index contributed by atoms with van der Waals surface area (Å²) in [6.45, 7) is 2.08. The summed E-state index contributed by atoms with van der Waals surface area (Å²) in [6, 6.07) is 7.39. The summed E-state index contributed by atoms with van der Waals surface area (Å²) < 4.78 is 1.45. The van der Waals surface area contributed by atoms with Crippen LogP contribution in [0.2, 0.25) is 5.02 Å². The second-order valence-corrected chi connectivity index (χ2v) is 4.33. The second-order valence-electron chi connectivity index (χ2n) is 3.89. The van der Waals surface area contributed by atoms with Gasteiger partial charge in [-0.1, -0.05) is 30.7 Å². The number of anilines is 1. The summed E-state index contributed by atoms with van der Waals surface area (Å²) in [5.74, 6) is 7.14. The van der Waals surface area contributed by atoms with Crippen LogP contribution in [0.4, 0.5) is 5.82 Å². The minimum atomic E-state index is 0.482. The second kappa shape index (κ2) is 4.67. The Bertz CT molecular complexity index is 516. The van der Waals surface area contributed by atoms with E-state index in [1.54, 1.807) is 0 Å². The maximum Gasteiger partial charge on any atom is 0.150 e. The van der Waals surface area contributed by atoms with E-state index in [0.717, 1.165) is 24.2 Å². The summed E-state index contributed by atoms with van der Waals surface area (Å²) in [5, 5.41) is 0.688. The predicted octanol–water partition coefficient (Wildman–Crippen LogP) is 2.45. The normalized spacial score (nSPS) is 10.7. The Morgan fingerprint density at radius 3 is 2.53 bits per heavy atom. The first-order valence-electron chi connectivity index (χ1n) is 5.51. The van der Waals surface area contributed by atoms with E-state index < -0.39 is 0 Å². The van der Waals surface area contributed by atoms with Crippen molar-refractivity contribution in [3.8, 4) is 11.3 Å². The standard InChI is InChI=1S/C12H15ClN4/c1-2-3-10-16-11(12(14)17(10)15)8-4-6-9(13)7-5-8/h4-7H,2-3,14-15H2,1H3. The van der Waals surface area contributed by atoms with Crippen LogP contribution >= 0.6 is 11.6 Å². The van der Waals surface area contributed by atoms with Crippen LogP contribution in [0.25, 0.3) is 11.3 Å². The van der Waals surface area contributed by atoms with Crippen LogP contribution < -0.4 is 11.6 Å². The Balaban J connectivity index is 2.45. The zero-order valence-corrected chi connectivity index (χ0v) is 10.4. The molecule has 0 saturated heterocycles. The zero-order valence-electron chi connectivity index (χ0n) is 9.65. The molecule has 0 fully saturated rings. The number of benzene rings is 1. The van der Waals surface area contributed by atoms with E-state index in [4.69, 9.17) is 23.2 Å². The Kier molecular flexibility index (Phi) is 3.24. The van der Waals surface area contributed by atoms with Gasteiger partial charge in [-0.15, -0.1) is 0 Å². The van der Waals surface area contributed by atoms with Crippen molar-refractivity contribution >= 4 is 17.4 Å². The van der Waals surface area contributed by atoms with Gasteiger partial charge in [-0.05, 0) is 18.6 Å². The molecule has 90 valence electrons. The molecule has 2 rings (SSSR count). The number of nitrogens with zero attached hydrogens (tertiary/aromatic N) is 2. The SMILES string of the molecule is CCCc1nc(-c2ccc(Cl)cc2)c(N)n1N. The van der Waals surface area contributed by atoms with E-state index in [2.05, 4.69) is 11.9 Å². The first-order valence-corrected chi connectivity index (χ1v) is 5.89. The van der Waals surface area contributed by atoms with Crippen LogP contribution in [-0.2, 0) is 6.42 Å². The molecular weight excluding hydrogens is 236 g/mol. The quantitative estimate of drug-likeness (QED) is 0.822. The molecule has 1 aromatic heterocycles.